The summed E-state index contributed by atoms with van der Waals surface area (Å²) < 4.78 is 0. The molecule has 0 saturated heterocycles. The van der Waals surface area contributed by atoms with E-state index in [4.69, 9.17) is 0 Å². The fraction of sp³-hybridized carbons (Fsp3) is 0.636. The van der Waals surface area contributed by atoms with Gasteiger partial charge in [0.1, 0.15) is 0 Å². The Hall–Kier alpha value is -1.28. The molecule has 1 fully saturated rings. The molecule has 2 nitrogen and oxygen atoms in total. The molecule has 1 saturated carbocycles. The maximum atomic E-state index is 10.4. The Bertz CT molecular complexity index is 615. The van der Waals surface area contributed by atoms with Gasteiger partial charge in [0.15, 0.2) is 0 Å². The third-order valence-corrected chi connectivity index (χ3v) is 5.59. The molecule has 2 aliphatic rings. The normalized spacial score (nSPS) is 23.0. The summed E-state index contributed by atoms with van der Waals surface area (Å²) >= 11 is 0. The van der Waals surface area contributed by atoms with Crippen molar-refractivity contribution in [2.45, 2.75) is 83.8 Å². The van der Waals surface area contributed by atoms with Gasteiger partial charge in [0.25, 0.3) is 0 Å². The topological polar surface area (TPSA) is 32.3 Å². The Morgan fingerprint density at radius 3 is 2.58 bits per heavy atom. The van der Waals surface area contributed by atoms with E-state index >= 15 is 0 Å². The van der Waals surface area contributed by atoms with Crippen molar-refractivity contribution >= 4 is 5.70 Å². The highest BCUT2D eigenvalue weighted by atomic mass is 16.3. The zero-order valence-corrected chi connectivity index (χ0v) is 15.8. The van der Waals surface area contributed by atoms with Crippen molar-refractivity contribution < 1.29 is 5.11 Å². The summed E-state index contributed by atoms with van der Waals surface area (Å²) in [4.78, 5) is 0. The number of aliphatic hydroxyl groups is 1. The quantitative estimate of drug-likeness (QED) is 0.804. The van der Waals surface area contributed by atoms with Crippen molar-refractivity contribution in [3.8, 4) is 0 Å². The highest BCUT2D eigenvalue weighted by Crippen LogP contribution is 2.34. The molecule has 24 heavy (non-hydrogen) atoms. The number of allylic oxidation sites excluding steroid dienone is 1. The zero-order valence-electron chi connectivity index (χ0n) is 15.8. The van der Waals surface area contributed by atoms with Crippen molar-refractivity contribution in [1.29, 1.82) is 0 Å². The SMILES string of the molecule is CC1(C)Cc2ccc(C(C)(C)O)cc2/C(=C/CC2CCCCC2)N1. The lowest BCUT2D eigenvalue weighted by molar-refractivity contribution is 0.0785. The summed E-state index contributed by atoms with van der Waals surface area (Å²) in [5.74, 6) is 0.846. The number of hydrogen-bond donors (Lipinski definition) is 2. The van der Waals surface area contributed by atoms with Crippen molar-refractivity contribution in [3.63, 3.8) is 0 Å². The van der Waals surface area contributed by atoms with Crippen molar-refractivity contribution in [1.82, 2.24) is 5.32 Å². The van der Waals surface area contributed by atoms with E-state index in [1.165, 1.54) is 55.3 Å². The van der Waals surface area contributed by atoms with Gasteiger partial charge < -0.3 is 10.4 Å². The Balaban J connectivity index is 1.91. The molecule has 0 radical (unpaired) electrons. The Kier molecular flexibility index (Phi) is 4.79. The number of hydrogen-bond acceptors (Lipinski definition) is 2. The van der Waals surface area contributed by atoms with Gasteiger partial charge in [-0.2, -0.15) is 0 Å². The molecule has 3 rings (SSSR count). The summed E-state index contributed by atoms with van der Waals surface area (Å²) in [6, 6.07) is 6.48. The van der Waals surface area contributed by atoms with Crippen LogP contribution in [0.4, 0.5) is 0 Å². The number of nitrogens with one attached hydrogen (secondary N) is 1. The summed E-state index contributed by atoms with van der Waals surface area (Å²) in [5.41, 5.74) is 4.22. The zero-order chi connectivity index (χ0) is 17.4. The lowest BCUT2D eigenvalue weighted by Gasteiger charge is -2.37. The van der Waals surface area contributed by atoms with Gasteiger partial charge in [-0.15, -0.1) is 0 Å². The monoisotopic (exact) mass is 327 g/mol. The minimum atomic E-state index is -0.795. The van der Waals surface area contributed by atoms with Crippen molar-refractivity contribution in [2.24, 2.45) is 5.92 Å². The first-order valence-corrected chi connectivity index (χ1v) is 9.59. The second kappa shape index (κ2) is 6.55. The largest absolute Gasteiger partial charge is 0.386 e. The van der Waals surface area contributed by atoms with Gasteiger partial charge in [0, 0.05) is 16.8 Å². The highest BCUT2D eigenvalue weighted by molar-refractivity contribution is 5.70. The van der Waals surface area contributed by atoms with E-state index in [1.807, 2.05) is 13.8 Å². The number of rotatable bonds is 3. The van der Waals surface area contributed by atoms with Crippen LogP contribution in [-0.2, 0) is 12.0 Å². The predicted octanol–water partition coefficient (Wildman–Crippen LogP) is 5.15. The van der Waals surface area contributed by atoms with Crippen molar-refractivity contribution in [2.75, 3.05) is 0 Å². The van der Waals surface area contributed by atoms with E-state index in [9.17, 15) is 5.11 Å². The first kappa shape index (κ1) is 17.5. The van der Waals surface area contributed by atoms with E-state index < -0.39 is 5.60 Å². The molecule has 0 bridgehead atoms. The van der Waals surface area contributed by atoms with Crippen LogP contribution in [0.25, 0.3) is 5.70 Å². The molecular formula is C22H33NO. The van der Waals surface area contributed by atoms with Gasteiger partial charge in [-0.25, -0.2) is 0 Å². The molecule has 1 aromatic carbocycles. The molecule has 132 valence electrons. The maximum absolute atomic E-state index is 10.4. The summed E-state index contributed by atoms with van der Waals surface area (Å²) in [6.45, 7) is 8.27. The van der Waals surface area contributed by atoms with Crippen LogP contribution in [0.3, 0.4) is 0 Å². The average Bonchev–Trinajstić information content (AvgIpc) is 2.51. The molecule has 0 atom stereocenters. The van der Waals surface area contributed by atoms with Crippen LogP contribution >= 0.6 is 0 Å². The smallest absolute Gasteiger partial charge is 0.0840 e. The van der Waals surface area contributed by atoms with Crippen LogP contribution in [0.2, 0.25) is 0 Å². The van der Waals surface area contributed by atoms with Crippen LogP contribution in [0, 0.1) is 5.92 Å². The summed E-state index contributed by atoms with van der Waals surface area (Å²) in [5, 5.41) is 14.1. The van der Waals surface area contributed by atoms with Crippen LogP contribution in [0.15, 0.2) is 24.3 Å². The van der Waals surface area contributed by atoms with Crippen LogP contribution in [0.5, 0.6) is 0 Å². The molecule has 2 N–H and O–H groups in total. The maximum Gasteiger partial charge on any atom is 0.0840 e. The standard InChI is InChI=1S/C22H33NO/c1-21(2)15-17-11-12-18(22(3,4)24)14-19(17)20(23-21)13-10-16-8-6-5-7-9-16/h11-14,16,23-24H,5-10,15H2,1-4H3/b20-13-. The molecule has 0 spiro atoms. The van der Waals surface area contributed by atoms with Crippen LogP contribution < -0.4 is 5.32 Å². The molecular weight excluding hydrogens is 294 g/mol. The number of fused-ring (bicyclic) bond motifs is 1. The van der Waals surface area contributed by atoms with Gasteiger partial charge in [0.2, 0.25) is 0 Å². The minimum absolute atomic E-state index is 0.0850. The highest BCUT2D eigenvalue weighted by Gasteiger charge is 2.29. The third-order valence-electron chi connectivity index (χ3n) is 5.59. The van der Waals surface area contributed by atoms with E-state index in [0.717, 1.165) is 17.9 Å². The lowest BCUT2D eigenvalue weighted by atomic mass is 9.82. The van der Waals surface area contributed by atoms with E-state index in [0.29, 0.717) is 0 Å². The molecule has 0 amide bonds. The Labute approximate surface area is 147 Å². The molecule has 1 heterocycles. The summed E-state index contributed by atoms with van der Waals surface area (Å²) in [7, 11) is 0. The molecule has 0 aromatic heterocycles. The van der Waals surface area contributed by atoms with Gasteiger partial charge in [-0.3, -0.25) is 0 Å². The second-order valence-corrected chi connectivity index (χ2v) is 8.97. The molecule has 0 unspecified atom stereocenters. The van der Waals surface area contributed by atoms with Gasteiger partial charge >= 0.3 is 0 Å². The minimum Gasteiger partial charge on any atom is -0.386 e. The third kappa shape index (κ3) is 4.03. The van der Waals surface area contributed by atoms with Crippen molar-refractivity contribution in [3.05, 3.63) is 41.0 Å². The fourth-order valence-corrected chi connectivity index (χ4v) is 4.18. The number of benzene rings is 1. The first-order valence-electron chi connectivity index (χ1n) is 9.59. The molecule has 1 aliphatic carbocycles. The molecule has 1 aliphatic heterocycles. The van der Waals surface area contributed by atoms with Crippen LogP contribution in [-0.4, -0.2) is 10.6 Å². The van der Waals surface area contributed by atoms with Gasteiger partial charge in [-0.05, 0) is 63.6 Å². The fourth-order valence-electron chi connectivity index (χ4n) is 4.18. The van der Waals surface area contributed by atoms with E-state index in [-0.39, 0.29) is 5.54 Å². The molecule has 1 aromatic rings. The van der Waals surface area contributed by atoms with Gasteiger partial charge in [0.05, 0.1) is 5.60 Å². The lowest BCUT2D eigenvalue weighted by Crippen LogP contribution is -2.43. The Morgan fingerprint density at radius 2 is 1.92 bits per heavy atom. The predicted molar refractivity (Wildman–Crippen MR) is 102 cm³/mol. The van der Waals surface area contributed by atoms with E-state index in [1.54, 1.807) is 0 Å². The summed E-state index contributed by atoms with van der Waals surface area (Å²) in [6.07, 6.45) is 11.6. The average molecular weight is 328 g/mol. The van der Waals surface area contributed by atoms with E-state index in [2.05, 4.69) is 43.4 Å². The first-order chi connectivity index (χ1) is 11.2. The van der Waals surface area contributed by atoms with Gasteiger partial charge in [-0.1, -0.05) is 50.3 Å². The van der Waals surface area contributed by atoms with Crippen LogP contribution in [0.1, 0.15) is 82.9 Å². The molecule has 2 heteroatoms. The second-order valence-electron chi connectivity index (χ2n) is 8.97. The Morgan fingerprint density at radius 1 is 1.21 bits per heavy atom.